The highest BCUT2D eigenvalue weighted by molar-refractivity contribution is 9.10. The van der Waals surface area contributed by atoms with Crippen LogP contribution in [0.3, 0.4) is 0 Å². The number of nitrogen functional groups attached to an aromatic ring is 1. The van der Waals surface area contributed by atoms with Crippen LogP contribution < -0.4 is 11.1 Å². The van der Waals surface area contributed by atoms with E-state index in [4.69, 9.17) is 28.9 Å². The number of rotatable bonds is 3. The van der Waals surface area contributed by atoms with Crippen LogP contribution in [-0.2, 0) is 0 Å². The number of nitrogens with one attached hydrogen (secondary N) is 1. The lowest BCUT2D eigenvalue weighted by molar-refractivity contribution is -0.383. The Hall–Kier alpha value is -1.50. The lowest BCUT2D eigenvalue weighted by atomic mass is 10.2. The van der Waals surface area contributed by atoms with Crippen molar-refractivity contribution in [1.82, 2.24) is 0 Å². The van der Waals surface area contributed by atoms with Gasteiger partial charge in [-0.2, -0.15) is 0 Å². The average Bonchev–Trinajstić information content (AvgIpc) is 2.39. The molecule has 8 heteroatoms. The van der Waals surface area contributed by atoms with E-state index in [1.165, 1.54) is 6.07 Å². The van der Waals surface area contributed by atoms with E-state index < -0.39 is 4.92 Å². The molecule has 0 aromatic heterocycles. The van der Waals surface area contributed by atoms with Gasteiger partial charge in [-0.3, -0.25) is 10.1 Å². The third-order valence-electron chi connectivity index (χ3n) is 2.55. The number of para-hydroxylation sites is 1. The van der Waals surface area contributed by atoms with Crippen LogP contribution in [0.4, 0.5) is 22.7 Å². The van der Waals surface area contributed by atoms with Crippen LogP contribution in [0.2, 0.25) is 10.0 Å². The first-order valence-corrected chi connectivity index (χ1v) is 6.90. The molecule has 20 heavy (non-hydrogen) atoms. The number of hydrogen-bond acceptors (Lipinski definition) is 4. The predicted molar refractivity (Wildman–Crippen MR) is 85.0 cm³/mol. The molecule has 0 radical (unpaired) electrons. The summed E-state index contributed by atoms with van der Waals surface area (Å²) in [6, 6.07) is 7.96. The van der Waals surface area contributed by atoms with E-state index in [1.54, 1.807) is 24.3 Å². The summed E-state index contributed by atoms with van der Waals surface area (Å²) in [5, 5.41) is 14.5. The predicted octanol–water partition coefficient (Wildman–Crippen LogP) is 4.99. The van der Waals surface area contributed by atoms with E-state index in [-0.39, 0.29) is 22.1 Å². The van der Waals surface area contributed by atoms with Gasteiger partial charge in [0.05, 0.1) is 20.7 Å². The van der Waals surface area contributed by atoms with Crippen LogP contribution in [0, 0.1) is 10.1 Å². The van der Waals surface area contributed by atoms with E-state index in [2.05, 4.69) is 21.2 Å². The second-order valence-corrected chi connectivity index (χ2v) is 5.46. The van der Waals surface area contributed by atoms with Crippen molar-refractivity contribution < 1.29 is 4.92 Å². The maximum atomic E-state index is 11.1. The number of hydrogen-bond donors (Lipinski definition) is 2. The Kier molecular flexibility index (Phi) is 4.37. The number of benzene rings is 2. The highest BCUT2D eigenvalue weighted by Crippen LogP contribution is 2.39. The van der Waals surface area contributed by atoms with Gasteiger partial charge in [0.15, 0.2) is 0 Å². The molecule has 0 saturated heterocycles. The number of halogens is 3. The van der Waals surface area contributed by atoms with Gasteiger partial charge in [-0.05, 0) is 40.2 Å². The van der Waals surface area contributed by atoms with E-state index in [0.717, 1.165) is 0 Å². The zero-order valence-corrected chi connectivity index (χ0v) is 13.0. The summed E-state index contributed by atoms with van der Waals surface area (Å²) < 4.78 is 0.636. The molecule has 3 N–H and O–H groups in total. The van der Waals surface area contributed by atoms with Crippen LogP contribution in [0.25, 0.3) is 0 Å². The first-order chi connectivity index (χ1) is 9.41. The fraction of sp³-hybridized carbons (Fsp3) is 0. The molecule has 2 aromatic rings. The quantitative estimate of drug-likeness (QED) is 0.342. The zero-order chi connectivity index (χ0) is 14.9. The molecule has 2 aromatic carbocycles. The minimum atomic E-state index is -0.550. The Bertz CT molecular complexity index is 695. The molecular formula is C12H8BrCl2N3O2. The molecule has 0 aliphatic rings. The van der Waals surface area contributed by atoms with Gasteiger partial charge in [0, 0.05) is 4.47 Å². The maximum Gasteiger partial charge on any atom is 0.315 e. The Morgan fingerprint density at radius 2 is 1.85 bits per heavy atom. The van der Waals surface area contributed by atoms with Gasteiger partial charge >= 0.3 is 5.69 Å². The fourth-order valence-electron chi connectivity index (χ4n) is 1.63. The molecular weight excluding hydrogens is 369 g/mol. The molecule has 0 saturated carbocycles. The molecule has 0 bridgehead atoms. The van der Waals surface area contributed by atoms with Crippen molar-refractivity contribution >= 4 is 61.9 Å². The van der Waals surface area contributed by atoms with E-state index in [0.29, 0.717) is 15.2 Å². The molecule has 0 atom stereocenters. The molecule has 5 nitrogen and oxygen atoms in total. The Morgan fingerprint density at radius 1 is 1.15 bits per heavy atom. The van der Waals surface area contributed by atoms with Crippen molar-refractivity contribution in [2.24, 2.45) is 0 Å². The summed E-state index contributed by atoms with van der Waals surface area (Å²) in [4.78, 5) is 10.5. The van der Waals surface area contributed by atoms with Gasteiger partial charge in [0.2, 0.25) is 0 Å². The summed E-state index contributed by atoms with van der Waals surface area (Å²) in [5.74, 6) is 0. The summed E-state index contributed by atoms with van der Waals surface area (Å²) in [7, 11) is 0. The Morgan fingerprint density at radius 3 is 2.50 bits per heavy atom. The van der Waals surface area contributed by atoms with Gasteiger partial charge in [0.1, 0.15) is 11.4 Å². The van der Waals surface area contributed by atoms with E-state index in [9.17, 15) is 10.1 Å². The fourth-order valence-corrected chi connectivity index (χ4v) is 2.45. The van der Waals surface area contributed by atoms with Gasteiger partial charge < -0.3 is 11.1 Å². The van der Waals surface area contributed by atoms with E-state index in [1.807, 2.05) is 0 Å². The van der Waals surface area contributed by atoms with Crippen LogP contribution in [0.15, 0.2) is 34.8 Å². The number of anilines is 3. The normalized spacial score (nSPS) is 10.3. The summed E-state index contributed by atoms with van der Waals surface area (Å²) >= 11 is 15.3. The standard InChI is InChI=1S/C12H8BrCl2N3O2/c13-6-4-5-8(11(15)10(6)14)17-9-3-1-2-7(16)12(9)18(19)20/h1-5,17H,16H2. The van der Waals surface area contributed by atoms with Gasteiger partial charge in [-0.15, -0.1) is 0 Å². The second-order valence-electron chi connectivity index (χ2n) is 3.85. The minimum Gasteiger partial charge on any atom is -0.393 e. The average molecular weight is 377 g/mol. The third kappa shape index (κ3) is 2.82. The van der Waals surface area contributed by atoms with Crippen molar-refractivity contribution in [3.05, 3.63) is 55.0 Å². The van der Waals surface area contributed by atoms with Crippen LogP contribution in [-0.4, -0.2) is 4.92 Å². The molecule has 0 aliphatic heterocycles. The number of nitrogens with two attached hydrogens (primary N) is 1. The van der Waals surface area contributed by atoms with Gasteiger partial charge in [0.25, 0.3) is 0 Å². The van der Waals surface area contributed by atoms with Crippen molar-refractivity contribution in [3.63, 3.8) is 0 Å². The highest BCUT2D eigenvalue weighted by Gasteiger charge is 2.19. The lowest BCUT2D eigenvalue weighted by Crippen LogP contribution is -2.01. The molecule has 0 aliphatic carbocycles. The largest absolute Gasteiger partial charge is 0.393 e. The second kappa shape index (κ2) is 5.87. The summed E-state index contributed by atoms with van der Waals surface area (Å²) in [6.07, 6.45) is 0. The van der Waals surface area contributed by atoms with E-state index >= 15 is 0 Å². The Labute approximate surface area is 133 Å². The number of nitro benzene ring substituents is 1. The molecule has 0 amide bonds. The maximum absolute atomic E-state index is 11.1. The molecule has 0 heterocycles. The minimum absolute atomic E-state index is 0.0688. The van der Waals surface area contributed by atoms with Crippen LogP contribution in [0.5, 0.6) is 0 Å². The molecule has 2 rings (SSSR count). The molecule has 0 spiro atoms. The molecule has 0 unspecified atom stereocenters. The number of nitrogens with zero attached hydrogens (tertiary/aromatic N) is 1. The van der Waals surface area contributed by atoms with Crippen LogP contribution in [0.1, 0.15) is 0 Å². The monoisotopic (exact) mass is 375 g/mol. The third-order valence-corrected chi connectivity index (χ3v) is 4.33. The molecule has 104 valence electrons. The van der Waals surface area contributed by atoms with Gasteiger partial charge in [-0.1, -0.05) is 29.3 Å². The van der Waals surface area contributed by atoms with Crippen molar-refractivity contribution in [3.8, 4) is 0 Å². The SMILES string of the molecule is Nc1cccc(Nc2ccc(Br)c(Cl)c2Cl)c1[N+](=O)[O-]. The highest BCUT2D eigenvalue weighted by atomic mass is 79.9. The number of nitro groups is 1. The summed E-state index contributed by atoms with van der Waals surface area (Å²) in [5.41, 5.74) is 6.18. The Balaban J connectivity index is 2.48. The summed E-state index contributed by atoms with van der Waals surface area (Å²) in [6.45, 7) is 0. The molecule has 0 fully saturated rings. The zero-order valence-electron chi connectivity index (χ0n) is 9.86. The first kappa shape index (κ1) is 14.9. The van der Waals surface area contributed by atoms with Crippen molar-refractivity contribution in [2.45, 2.75) is 0 Å². The first-order valence-electron chi connectivity index (χ1n) is 5.35. The smallest absolute Gasteiger partial charge is 0.315 e. The van der Waals surface area contributed by atoms with Crippen molar-refractivity contribution in [2.75, 3.05) is 11.1 Å². The van der Waals surface area contributed by atoms with Crippen molar-refractivity contribution in [1.29, 1.82) is 0 Å². The lowest BCUT2D eigenvalue weighted by Gasteiger charge is -2.11. The topological polar surface area (TPSA) is 81.2 Å². The van der Waals surface area contributed by atoms with Crippen LogP contribution >= 0.6 is 39.1 Å². The van der Waals surface area contributed by atoms with Gasteiger partial charge in [-0.25, -0.2) is 0 Å².